The molecule has 66 heavy (non-hydrogen) atoms. The van der Waals surface area contributed by atoms with Crippen LogP contribution in [0.2, 0.25) is 0 Å². The topological polar surface area (TPSA) is 4.93 Å². The van der Waals surface area contributed by atoms with E-state index in [2.05, 4.69) is 255 Å². The number of hydrogen-bond donors (Lipinski definition) is 0. The SMILES string of the molecule is CC1(C)c2ccccc2-c2ccc(-c3cc(-c4ccc(-c5ccccc5)cc4)cc(-c4ccc(-c5cc6ccc7cccc8c7c6c(c5)n8-c5ccc(-c6ccccc6)cc5)cc4)c3)cc21. The molecule has 1 aliphatic carbocycles. The van der Waals surface area contributed by atoms with Gasteiger partial charge in [-0.1, -0.05) is 196 Å². The zero-order valence-corrected chi connectivity index (χ0v) is 37.0. The Balaban J connectivity index is 0.912. The first-order chi connectivity index (χ1) is 32.4. The van der Waals surface area contributed by atoms with Crippen molar-refractivity contribution in [2.45, 2.75) is 19.3 Å². The van der Waals surface area contributed by atoms with Crippen LogP contribution in [-0.4, -0.2) is 4.57 Å². The third-order valence-corrected chi connectivity index (χ3v) is 14.4. The van der Waals surface area contributed by atoms with Crippen LogP contribution in [0.25, 0.3) is 116 Å². The molecule has 0 atom stereocenters. The zero-order chi connectivity index (χ0) is 43.9. The van der Waals surface area contributed by atoms with E-state index in [4.69, 9.17) is 0 Å². The van der Waals surface area contributed by atoms with Gasteiger partial charge in [0.05, 0.1) is 11.0 Å². The van der Waals surface area contributed by atoms with Gasteiger partial charge in [-0.3, -0.25) is 0 Å². The summed E-state index contributed by atoms with van der Waals surface area (Å²) in [5, 5.41) is 5.16. The summed E-state index contributed by atoms with van der Waals surface area (Å²) in [6.45, 7) is 4.73. The molecule has 0 fully saturated rings. The van der Waals surface area contributed by atoms with Crippen molar-refractivity contribution in [2.24, 2.45) is 0 Å². The summed E-state index contributed by atoms with van der Waals surface area (Å²) < 4.78 is 2.45. The van der Waals surface area contributed by atoms with Gasteiger partial charge in [0.15, 0.2) is 0 Å². The van der Waals surface area contributed by atoms with E-state index in [1.54, 1.807) is 0 Å². The van der Waals surface area contributed by atoms with Gasteiger partial charge in [0.2, 0.25) is 0 Å². The van der Waals surface area contributed by atoms with Crippen molar-refractivity contribution < 1.29 is 0 Å². The van der Waals surface area contributed by atoms with E-state index in [0.717, 1.165) is 5.69 Å². The molecule has 13 rings (SSSR count). The molecule has 1 heterocycles. The molecule has 0 bridgehead atoms. The Morgan fingerprint density at radius 3 is 1.35 bits per heavy atom. The second-order valence-corrected chi connectivity index (χ2v) is 18.5. The standard InChI is InChI=1S/C65H45N/c1-65(2)59-18-10-9-17-57(59)58-35-32-50(40-60(58)65)54-38-52(46-22-20-44(21-23-46)42-12-5-3-6-13-42)37-53(39-54)47-24-26-48(27-25-47)55-36-51-29-28-49-16-11-19-61-63(49)64(51)62(41-55)66(61)56-33-30-45(31-34-56)43-14-7-4-8-15-43/h3-41H,1-2H3. The van der Waals surface area contributed by atoms with Crippen LogP contribution < -0.4 is 0 Å². The van der Waals surface area contributed by atoms with Gasteiger partial charge in [-0.2, -0.15) is 0 Å². The Labute approximate surface area is 385 Å². The smallest absolute Gasteiger partial charge is 0.0553 e. The van der Waals surface area contributed by atoms with Gasteiger partial charge in [0.25, 0.3) is 0 Å². The Hall–Kier alpha value is -8.26. The van der Waals surface area contributed by atoms with Gasteiger partial charge in [-0.15, -0.1) is 0 Å². The molecule has 11 aromatic carbocycles. The second-order valence-electron chi connectivity index (χ2n) is 18.5. The van der Waals surface area contributed by atoms with E-state index in [9.17, 15) is 0 Å². The molecule has 0 N–H and O–H groups in total. The van der Waals surface area contributed by atoms with Crippen LogP contribution >= 0.6 is 0 Å². The van der Waals surface area contributed by atoms with Crippen molar-refractivity contribution in [3.8, 4) is 83.6 Å². The maximum Gasteiger partial charge on any atom is 0.0553 e. The first-order valence-corrected chi connectivity index (χ1v) is 23.1. The number of benzene rings is 11. The lowest BCUT2D eigenvalue weighted by atomic mass is 9.81. The van der Waals surface area contributed by atoms with Gasteiger partial charge in [-0.05, 0) is 154 Å². The summed E-state index contributed by atoms with van der Waals surface area (Å²) in [7, 11) is 0. The molecule has 0 amide bonds. The molecule has 0 saturated carbocycles. The maximum absolute atomic E-state index is 2.45. The van der Waals surface area contributed by atoms with Crippen LogP contribution in [0.5, 0.6) is 0 Å². The third-order valence-electron chi connectivity index (χ3n) is 14.4. The van der Waals surface area contributed by atoms with Crippen molar-refractivity contribution in [1.82, 2.24) is 4.57 Å². The van der Waals surface area contributed by atoms with Crippen molar-refractivity contribution in [2.75, 3.05) is 0 Å². The van der Waals surface area contributed by atoms with E-state index in [1.165, 1.54) is 122 Å². The average Bonchev–Trinajstić information content (AvgIpc) is 3.84. The first-order valence-electron chi connectivity index (χ1n) is 23.1. The summed E-state index contributed by atoms with van der Waals surface area (Å²) in [5.41, 5.74) is 23.5. The normalized spacial score (nSPS) is 12.8. The summed E-state index contributed by atoms with van der Waals surface area (Å²) in [6.07, 6.45) is 0. The highest BCUT2D eigenvalue weighted by molar-refractivity contribution is 6.25. The molecule has 1 aromatic heterocycles. The van der Waals surface area contributed by atoms with E-state index in [0.29, 0.717) is 0 Å². The van der Waals surface area contributed by atoms with Gasteiger partial charge in [-0.25, -0.2) is 0 Å². The third kappa shape index (κ3) is 6.15. The van der Waals surface area contributed by atoms with E-state index < -0.39 is 0 Å². The minimum Gasteiger partial charge on any atom is -0.309 e. The highest BCUT2D eigenvalue weighted by atomic mass is 15.0. The molecular weight excluding hydrogens is 795 g/mol. The molecule has 0 spiro atoms. The molecule has 0 radical (unpaired) electrons. The number of fused-ring (bicyclic) bond motifs is 3. The average molecular weight is 840 g/mol. The van der Waals surface area contributed by atoms with Crippen LogP contribution in [0, 0.1) is 0 Å². The minimum absolute atomic E-state index is 0.0770. The second kappa shape index (κ2) is 14.9. The summed E-state index contributed by atoms with van der Waals surface area (Å²) in [5.74, 6) is 0. The van der Waals surface area contributed by atoms with E-state index in [-0.39, 0.29) is 5.41 Å². The Morgan fingerprint density at radius 2 is 0.727 bits per heavy atom. The monoisotopic (exact) mass is 839 g/mol. The Kier molecular flexibility index (Phi) is 8.63. The molecular formula is C65H45N. The molecule has 1 nitrogen and oxygen atoms in total. The number of aromatic nitrogens is 1. The Bertz CT molecular complexity index is 3780. The van der Waals surface area contributed by atoms with Crippen molar-refractivity contribution in [3.63, 3.8) is 0 Å². The van der Waals surface area contributed by atoms with Crippen molar-refractivity contribution in [3.05, 3.63) is 248 Å². The predicted octanol–water partition coefficient (Wildman–Crippen LogP) is 17.7. The molecule has 1 aliphatic rings. The lowest BCUT2D eigenvalue weighted by Gasteiger charge is -2.22. The lowest BCUT2D eigenvalue weighted by Crippen LogP contribution is -2.14. The fraction of sp³-hybridized carbons (Fsp3) is 0.0462. The molecule has 1 heteroatoms. The van der Waals surface area contributed by atoms with Gasteiger partial charge in [0.1, 0.15) is 0 Å². The summed E-state index contributed by atoms with van der Waals surface area (Å²) >= 11 is 0. The van der Waals surface area contributed by atoms with Crippen LogP contribution in [0.3, 0.4) is 0 Å². The van der Waals surface area contributed by atoms with Crippen LogP contribution in [-0.2, 0) is 5.41 Å². The molecule has 12 aromatic rings. The molecule has 310 valence electrons. The molecule has 0 aliphatic heterocycles. The first kappa shape index (κ1) is 38.2. The zero-order valence-electron chi connectivity index (χ0n) is 37.0. The van der Waals surface area contributed by atoms with Crippen LogP contribution in [0.4, 0.5) is 0 Å². The van der Waals surface area contributed by atoms with Gasteiger partial charge < -0.3 is 4.57 Å². The van der Waals surface area contributed by atoms with Crippen LogP contribution in [0.1, 0.15) is 25.0 Å². The predicted molar refractivity (Wildman–Crippen MR) is 280 cm³/mol. The lowest BCUT2D eigenvalue weighted by molar-refractivity contribution is 0.660. The summed E-state index contributed by atoms with van der Waals surface area (Å²) in [4.78, 5) is 0. The van der Waals surface area contributed by atoms with Gasteiger partial charge in [0, 0.05) is 21.9 Å². The number of nitrogens with zero attached hydrogens (tertiary/aromatic N) is 1. The fourth-order valence-corrected chi connectivity index (χ4v) is 10.9. The largest absolute Gasteiger partial charge is 0.309 e. The Morgan fingerprint density at radius 1 is 0.273 bits per heavy atom. The highest BCUT2D eigenvalue weighted by Gasteiger charge is 2.35. The van der Waals surface area contributed by atoms with Crippen molar-refractivity contribution in [1.29, 1.82) is 0 Å². The quantitative estimate of drug-likeness (QED) is 0.141. The number of rotatable bonds is 7. The number of hydrogen-bond acceptors (Lipinski definition) is 0. The minimum atomic E-state index is -0.0770. The van der Waals surface area contributed by atoms with Gasteiger partial charge >= 0.3 is 0 Å². The summed E-state index contributed by atoms with van der Waals surface area (Å²) in [6, 6.07) is 87.7. The highest BCUT2D eigenvalue weighted by Crippen LogP contribution is 2.50. The van der Waals surface area contributed by atoms with E-state index >= 15 is 0 Å². The van der Waals surface area contributed by atoms with Crippen molar-refractivity contribution >= 4 is 32.6 Å². The fourth-order valence-electron chi connectivity index (χ4n) is 10.9. The van der Waals surface area contributed by atoms with Crippen LogP contribution in [0.15, 0.2) is 237 Å². The molecule has 0 saturated heterocycles. The maximum atomic E-state index is 2.45. The molecule has 0 unspecified atom stereocenters. The van der Waals surface area contributed by atoms with E-state index in [1.807, 2.05) is 0 Å².